The summed E-state index contributed by atoms with van der Waals surface area (Å²) in [4.78, 5) is 0. The van der Waals surface area contributed by atoms with Crippen LogP contribution in [0.25, 0.3) is 10.8 Å². The van der Waals surface area contributed by atoms with Crippen molar-refractivity contribution in [2.45, 2.75) is 101 Å². The van der Waals surface area contributed by atoms with Gasteiger partial charge >= 0.3 is 0 Å². The Hall–Kier alpha value is -4.82. The Morgan fingerprint density at radius 2 is 0.968 bits per heavy atom. The van der Waals surface area contributed by atoms with E-state index < -0.39 is 67.7 Å². The highest BCUT2D eigenvalue weighted by molar-refractivity contribution is 5.83. The fraction of sp³-hybridized carbons (Fsp3) is 0.346. The van der Waals surface area contributed by atoms with Gasteiger partial charge in [0.05, 0.1) is 39.1 Å². The summed E-state index contributed by atoms with van der Waals surface area (Å²) in [7, 11) is 1.61. The number of rotatable bonds is 17. The standard InChI is InChI=1S/C52H54O10/c1-35-44(55-31-37-19-9-4-10-20-37)46-49(62-50(60-46)42-28-27-40-25-15-16-26-41(40)29-42)52(58-35)61-47-45(56-32-38-21-11-5-12-22-38)43(34-54-30-36-17-7-3-8-18-36)59-51(53-2)48(47)57-33-39-23-13-6-14-24-39/h3-29,35,43-52H,30-34H2,1-2H3/t35-,43+,44-,45+,46+,47-,48+,49+,50?,51-,52+/m0/s1. The van der Waals surface area contributed by atoms with Crippen LogP contribution in [0.5, 0.6) is 0 Å². The van der Waals surface area contributed by atoms with Crippen LogP contribution in [0.1, 0.15) is 41.0 Å². The first kappa shape index (κ1) is 42.5. The summed E-state index contributed by atoms with van der Waals surface area (Å²) in [6, 6.07) is 54.7. The molecule has 9 rings (SSSR count). The lowest BCUT2D eigenvalue weighted by atomic mass is 9.96. The van der Waals surface area contributed by atoms with Gasteiger partial charge < -0.3 is 47.4 Å². The van der Waals surface area contributed by atoms with Crippen LogP contribution in [-0.2, 0) is 73.8 Å². The van der Waals surface area contributed by atoms with Gasteiger partial charge in [0.25, 0.3) is 0 Å². The minimum Gasteiger partial charge on any atom is -0.374 e. The molecule has 0 amide bonds. The van der Waals surface area contributed by atoms with Gasteiger partial charge in [0, 0.05) is 12.7 Å². The maximum Gasteiger partial charge on any atom is 0.187 e. The summed E-state index contributed by atoms with van der Waals surface area (Å²) in [6.45, 7) is 3.53. The minimum atomic E-state index is -0.922. The number of hydrogen-bond donors (Lipinski definition) is 0. The SMILES string of the molecule is CO[C@H]1O[C@H](COCc2ccccc2)[C@@H](OCc2ccccc2)[C@H](O[C@H]2O[C@@H](C)[C@H](OCc3ccccc3)[C@H]3OC(c4ccc5ccccc5c4)O[C@@H]23)[C@H]1OCc1ccccc1. The van der Waals surface area contributed by atoms with E-state index in [0.717, 1.165) is 38.6 Å². The highest BCUT2D eigenvalue weighted by Crippen LogP contribution is 2.43. The van der Waals surface area contributed by atoms with Gasteiger partial charge in [-0.1, -0.05) is 158 Å². The summed E-state index contributed by atoms with van der Waals surface area (Å²) in [6.07, 6.45) is -7.45. The van der Waals surface area contributed by atoms with E-state index in [2.05, 4.69) is 24.3 Å². The van der Waals surface area contributed by atoms with Crippen molar-refractivity contribution in [3.63, 3.8) is 0 Å². The quantitative estimate of drug-likeness (QED) is 0.0886. The second-order valence-electron chi connectivity index (χ2n) is 16.0. The largest absolute Gasteiger partial charge is 0.374 e. The average molecular weight is 839 g/mol. The second kappa shape index (κ2) is 20.6. The van der Waals surface area contributed by atoms with Crippen LogP contribution in [0.4, 0.5) is 0 Å². The molecule has 3 fully saturated rings. The number of benzene rings is 6. The molecule has 0 aromatic heterocycles. The minimum absolute atomic E-state index is 0.201. The van der Waals surface area contributed by atoms with Crippen LogP contribution in [0, 0.1) is 0 Å². The van der Waals surface area contributed by atoms with Crippen LogP contribution in [-0.4, -0.2) is 75.1 Å². The van der Waals surface area contributed by atoms with E-state index in [1.807, 2.05) is 146 Å². The van der Waals surface area contributed by atoms with E-state index in [1.54, 1.807) is 7.11 Å². The fourth-order valence-corrected chi connectivity index (χ4v) is 8.50. The lowest BCUT2D eigenvalue weighted by Gasteiger charge is -2.48. The van der Waals surface area contributed by atoms with Crippen molar-refractivity contribution in [1.82, 2.24) is 0 Å². The van der Waals surface area contributed by atoms with Gasteiger partial charge in [-0.05, 0) is 46.0 Å². The number of methoxy groups -OCH3 is 1. The van der Waals surface area contributed by atoms with Crippen molar-refractivity contribution in [2.24, 2.45) is 0 Å². The van der Waals surface area contributed by atoms with Crippen LogP contribution in [0.3, 0.4) is 0 Å². The lowest BCUT2D eigenvalue weighted by molar-refractivity contribution is -0.361. The van der Waals surface area contributed by atoms with Gasteiger partial charge in [-0.3, -0.25) is 0 Å². The predicted molar refractivity (Wildman–Crippen MR) is 232 cm³/mol. The van der Waals surface area contributed by atoms with Gasteiger partial charge in [-0.25, -0.2) is 0 Å². The van der Waals surface area contributed by atoms with Crippen LogP contribution < -0.4 is 0 Å². The molecule has 62 heavy (non-hydrogen) atoms. The van der Waals surface area contributed by atoms with Gasteiger partial charge in [-0.15, -0.1) is 0 Å². The Bertz CT molecular complexity index is 2260. The molecule has 3 saturated heterocycles. The number of hydrogen-bond acceptors (Lipinski definition) is 10. The molecule has 3 aliphatic rings. The summed E-state index contributed by atoms with van der Waals surface area (Å²) in [5.41, 5.74) is 4.97. The molecule has 0 N–H and O–H groups in total. The third kappa shape index (κ3) is 10.2. The molecular weight excluding hydrogens is 785 g/mol. The van der Waals surface area contributed by atoms with E-state index in [-0.39, 0.29) is 13.2 Å². The molecule has 3 heterocycles. The van der Waals surface area contributed by atoms with E-state index in [0.29, 0.717) is 19.8 Å². The van der Waals surface area contributed by atoms with Crippen LogP contribution in [0.15, 0.2) is 164 Å². The Morgan fingerprint density at radius 3 is 1.56 bits per heavy atom. The maximum absolute atomic E-state index is 7.26. The third-order valence-electron chi connectivity index (χ3n) is 11.7. The Labute approximate surface area is 363 Å². The monoisotopic (exact) mass is 838 g/mol. The molecule has 3 aliphatic heterocycles. The molecule has 322 valence electrons. The van der Waals surface area contributed by atoms with E-state index >= 15 is 0 Å². The Kier molecular flexibility index (Phi) is 14.1. The summed E-state index contributed by atoms with van der Waals surface area (Å²) >= 11 is 0. The van der Waals surface area contributed by atoms with Crippen molar-refractivity contribution >= 4 is 10.8 Å². The zero-order chi connectivity index (χ0) is 42.1. The highest BCUT2D eigenvalue weighted by Gasteiger charge is 2.57. The average Bonchev–Trinajstić information content (AvgIpc) is 3.77. The molecule has 6 aromatic carbocycles. The molecule has 0 spiro atoms. The topological polar surface area (TPSA) is 92.3 Å². The van der Waals surface area contributed by atoms with Crippen LogP contribution in [0.2, 0.25) is 0 Å². The van der Waals surface area contributed by atoms with Gasteiger partial charge in [0.1, 0.15) is 42.7 Å². The third-order valence-corrected chi connectivity index (χ3v) is 11.7. The Balaban J connectivity index is 1.04. The van der Waals surface area contributed by atoms with Crippen molar-refractivity contribution in [3.8, 4) is 0 Å². The molecule has 1 unspecified atom stereocenters. The van der Waals surface area contributed by atoms with Gasteiger partial charge in [0.15, 0.2) is 18.9 Å². The number of fused-ring (bicyclic) bond motifs is 2. The summed E-state index contributed by atoms with van der Waals surface area (Å²) in [5, 5.41) is 2.22. The molecule has 0 radical (unpaired) electrons. The Morgan fingerprint density at radius 1 is 0.452 bits per heavy atom. The van der Waals surface area contributed by atoms with E-state index in [9.17, 15) is 0 Å². The summed E-state index contributed by atoms with van der Waals surface area (Å²) < 4.78 is 67.3. The molecule has 10 nitrogen and oxygen atoms in total. The molecule has 10 heteroatoms. The van der Waals surface area contributed by atoms with E-state index in [4.69, 9.17) is 47.4 Å². The van der Waals surface area contributed by atoms with Crippen molar-refractivity contribution in [2.75, 3.05) is 13.7 Å². The zero-order valence-electron chi connectivity index (χ0n) is 35.1. The normalized spacial score (nSPS) is 28.5. The van der Waals surface area contributed by atoms with Crippen molar-refractivity contribution in [1.29, 1.82) is 0 Å². The first-order valence-corrected chi connectivity index (χ1v) is 21.5. The van der Waals surface area contributed by atoms with Crippen LogP contribution >= 0.6 is 0 Å². The van der Waals surface area contributed by atoms with Crippen molar-refractivity contribution in [3.05, 3.63) is 192 Å². The zero-order valence-corrected chi connectivity index (χ0v) is 35.1. The molecule has 0 saturated carbocycles. The summed E-state index contributed by atoms with van der Waals surface area (Å²) in [5.74, 6) is 0. The predicted octanol–water partition coefficient (Wildman–Crippen LogP) is 9.10. The maximum atomic E-state index is 7.26. The van der Waals surface area contributed by atoms with Crippen molar-refractivity contribution < 1.29 is 47.4 Å². The lowest BCUT2D eigenvalue weighted by Crippen LogP contribution is -2.65. The molecular formula is C52H54O10. The highest BCUT2D eigenvalue weighted by atomic mass is 16.8. The molecule has 0 aliphatic carbocycles. The smallest absolute Gasteiger partial charge is 0.187 e. The number of ether oxygens (including phenoxy) is 10. The first-order valence-electron chi connectivity index (χ1n) is 21.5. The van der Waals surface area contributed by atoms with Gasteiger partial charge in [-0.2, -0.15) is 0 Å². The molecule has 11 atom stereocenters. The molecule has 0 bridgehead atoms. The first-order chi connectivity index (χ1) is 30.6. The fourth-order valence-electron chi connectivity index (χ4n) is 8.50. The second-order valence-corrected chi connectivity index (χ2v) is 16.0. The van der Waals surface area contributed by atoms with E-state index in [1.165, 1.54) is 0 Å². The molecule has 6 aromatic rings. The van der Waals surface area contributed by atoms with Gasteiger partial charge in [0.2, 0.25) is 0 Å².